The second-order valence-corrected chi connectivity index (χ2v) is 4.69. The first-order chi connectivity index (χ1) is 8.94. The van der Waals surface area contributed by atoms with Crippen LogP contribution in [0.1, 0.15) is 31.2 Å². The molecule has 1 aromatic carbocycles. The highest BCUT2D eigenvalue weighted by atomic mass is 19.2. The van der Waals surface area contributed by atoms with Gasteiger partial charge in [-0.2, -0.15) is 0 Å². The van der Waals surface area contributed by atoms with Crippen LogP contribution < -0.4 is 4.74 Å². The van der Waals surface area contributed by atoms with Gasteiger partial charge in [0, 0.05) is 6.07 Å². The van der Waals surface area contributed by atoms with Crippen molar-refractivity contribution in [3.8, 4) is 11.5 Å². The van der Waals surface area contributed by atoms with E-state index in [0.29, 0.717) is 18.9 Å². The Kier molecular flexibility index (Phi) is 3.34. The van der Waals surface area contributed by atoms with Crippen molar-refractivity contribution < 1.29 is 28.5 Å². The van der Waals surface area contributed by atoms with Crippen molar-refractivity contribution in [3.63, 3.8) is 0 Å². The highest BCUT2D eigenvalue weighted by Crippen LogP contribution is 2.49. The summed E-state index contributed by atoms with van der Waals surface area (Å²) < 4.78 is 32.3. The molecule has 2 rings (SSSR count). The molecule has 0 spiro atoms. The molecular weight excluding hydrogens is 258 g/mol. The van der Waals surface area contributed by atoms with Gasteiger partial charge in [0.15, 0.2) is 23.1 Å². The maximum atomic E-state index is 14.0. The largest absolute Gasteiger partial charge is 0.504 e. The highest BCUT2D eigenvalue weighted by Gasteiger charge is 2.48. The normalized spacial score (nSPS) is 17.4. The van der Waals surface area contributed by atoms with Crippen molar-refractivity contribution in [3.05, 3.63) is 23.3 Å². The molecule has 0 amide bonds. The number of aromatic hydroxyl groups is 1. The fourth-order valence-corrected chi connectivity index (χ4v) is 2.74. The average molecular weight is 272 g/mol. The number of carboxylic acids is 1. The first-order valence-corrected chi connectivity index (χ1v) is 5.93. The van der Waals surface area contributed by atoms with Gasteiger partial charge >= 0.3 is 5.97 Å². The van der Waals surface area contributed by atoms with Gasteiger partial charge in [-0.05, 0) is 12.8 Å². The molecule has 1 fully saturated rings. The number of benzene rings is 1. The number of halogens is 2. The summed E-state index contributed by atoms with van der Waals surface area (Å²) in [7, 11) is 1.19. The number of aliphatic carboxylic acids is 1. The number of phenolic OH excluding ortho intramolecular Hbond substituents is 1. The van der Waals surface area contributed by atoms with Crippen molar-refractivity contribution in [2.45, 2.75) is 31.1 Å². The maximum absolute atomic E-state index is 14.0. The fraction of sp³-hybridized carbons (Fsp3) is 0.462. The second kappa shape index (κ2) is 4.68. The van der Waals surface area contributed by atoms with E-state index in [0.717, 1.165) is 0 Å². The van der Waals surface area contributed by atoms with Gasteiger partial charge in [-0.25, -0.2) is 8.78 Å². The van der Waals surface area contributed by atoms with Gasteiger partial charge in [0.25, 0.3) is 0 Å². The van der Waals surface area contributed by atoms with E-state index in [2.05, 4.69) is 0 Å². The minimum atomic E-state index is -1.58. The number of hydrogen-bond acceptors (Lipinski definition) is 3. The molecule has 0 saturated heterocycles. The quantitative estimate of drug-likeness (QED) is 0.887. The minimum absolute atomic E-state index is 0.166. The third-order valence-electron chi connectivity index (χ3n) is 3.72. The zero-order chi connectivity index (χ0) is 14.2. The lowest BCUT2D eigenvalue weighted by molar-refractivity contribution is -0.143. The number of methoxy groups -OCH3 is 1. The molecule has 0 radical (unpaired) electrons. The van der Waals surface area contributed by atoms with Crippen molar-refractivity contribution in [2.24, 2.45) is 0 Å². The molecule has 4 nitrogen and oxygen atoms in total. The summed E-state index contributed by atoms with van der Waals surface area (Å²) >= 11 is 0. The summed E-state index contributed by atoms with van der Waals surface area (Å²) in [6.07, 6.45) is 1.51. The molecule has 0 heterocycles. The number of phenols is 1. The molecule has 0 atom stereocenters. The van der Waals surface area contributed by atoms with Crippen LogP contribution >= 0.6 is 0 Å². The summed E-state index contributed by atoms with van der Waals surface area (Å²) in [6.45, 7) is 0. The second-order valence-electron chi connectivity index (χ2n) is 4.69. The van der Waals surface area contributed by atoms with Gasteiger partial charge in [-0.3, -0.25) is 4.79 Å². The Labute approximate surface area is 108 Å². The Bertz CT molecular complexity index is 522. The third-order valence-corrected chi connectivity index (χ3v) is 3.72. The van der Waals surface area contributed by atoms with Crippen LogP contribution in [0.15, 0.2) is 6.07 Å². The van der Waals surface area contributed by atoms with Crippen LogP contribution in [0.25, 0.3) is 0 Å². The van der Waals surface area contributed by atoms with E-state index in [-0.39, 0.29) is 18.6 Å². The fourth-order valence-electron chi connectivity index (χ4n) is 2.74. The zero-order valence-electron chi connectivity index (χ0n) is 10.4. The Morgan fingerprint density at radius 2 is 1.95 bits per heavy atom. The molecule has 1 aromatic rings. The summed E-state index contributed by atoms with van der Waals surface area (Å²) in [5.74, 6) is -4.70. The van der Waals surface area contributed by atoms with Crippen molar-refractivity contribution >= 4 is 5.97 Å². The van der Waals surface area contributed by atoms with E-state index < -0.39 is 34.3 Å². The summed E-state index contributed by atoms with van der Waals surface area (Å²) in [5.41, 5.74) is -2.09. The molecule has 0 aliphatic heterocycles. The SMILES string of the molecule is COc1cc(F)c(F)c(C2(C(=O)O)CCCC2)c1O. The van der Waals surface area contributed by atoms with E-state index in [9.17, 15) is 23.8 Å². The number of carboxylic acid groups (broad SMARTS) is 1. The van der Waals surface area contributed by atoms with Gasteiger partial charge in [0.1, 0.15) is 0 Å². The van der Waals surface area contributed by atoms with Crippen LogP contribution in [-0.4, -0.2) is 23.3 Å². The minimum Gasteiger partial charge on any atom is -0.504 e. The number of carbonyl (C=O) groups is 1. The Hall–Kier alpha value is -1.85. The standard InChI is InChI=1S/C13H14F2O4/c1-19-8-6-7(14)10(15)9(11(8)16)13(12(17)18)4-2-3-5-13/h6,16H,2-5H2,1H3,(H,17,18). The summed E-state index contributed by atoms with van der Waals surface area (Å²) in [6, 6.07) is 0.707. The lowest BCUT2D eigenvalue weighted by atomic mass is 9.78. The van der Waals surface area contributed by atoms with Gasteiger partial charge in [0.05, 0.1) is 18.1 Å². The molecule has 6 heteroatoms. The smallest absolute Gasteiger partial charge is 0.314 e. The Morgan fingerprint density at radius 3 is 2.42 bits per heavy atom. The van der Waals surface area contributed by atoms with Crippen LogP contribution in [0.2, 0.25) is 0 Å². The molecule has 19 heavy (non-hydrogen) atoms. The van der Waals surface area contributed by atoms with Crippen LogP contribution in [-0.2, 0) is 10.2 Å². The van der Waals surface area contributed by atoms with Crippen LogP contribution in [0.3, 0.4) is 0 Å². The third kappa shape index (κ3) is 1.91. The molecule has 0 unspecified atom stereocenters. The van der Waals surface area contributed by atoms with Crippen LogP contribution in [0.4, 0.5) is 8.78 Å². The monoisotopic (exact) mass is 272 g/mol. The lowest BCUT2D eigenvalue weighted by Crippen LogP contribution is -2.34. The Balaban J connectivity index is 2.73. The van der Waals surface area contributed by atoms with Gasteiger partial charge < -0.3 is 14.9 Å². The average Bonchev–Trinajstić information content (AvgIpc) is 2.84. The van der Waals surface area contributed by atoms with E-state index in [1.165, 1.54) is 7.11 Å². The molecule has 0 aromatic heterocycles. The molecule has 1 aliphatic carbocycles. The first-order valence-electron chi connectivity index (χ1n) is 5.93. The molecular formula is C13H14F2O4. The summed E-state index contributed by atoms with van der Waals surface area (Å²) in [4.78, 5) is 11.5. The van der Waals surface area contributed by atoms with Crippen LogP contribution in [0, 0.1) is 11.6 Å². The predicted molar refractivity (Wildman–Crippen MR) is 62.4 cm³/mol. The molecule has 1 saturated carbocycles. The zero-order valence-corrected chi connectivity index (χ0v) is 10.4. The predicted octanol–water partition coefficient (Wildman–Crippen LogP) is 2.58. The number of rotatable bonds is 3. The molecule has 0 bridgehead atoms. The van der Waals surface area contributed by atoms with E-state index in [1.54, 1.807) is 0 Å². The first kappa shape index (κ1) is 13.6. The van der Waals surface area contributed by atoms with E-state index in [4.69, 9.17) is 4.74 Å². The van der Waals surface area contributed by atoms with Crippen molar-refractivity contribution in [1.29, 1.82) is 0 Å². The number of ether oxygens (including phenoxy) is 1. The van der Waals surface area contributed by atoms with Gasteiger partial charge in [-0.1, -0.05) is 12.8 Å². The van der Waals surface area contributed by atoms with Crippen molar-refractivity contribution in [2.75, 3.05) is 7.11 Å². The number of hydrogen-bond donors (Lipinski definition) is 2. The molecule has 1 aliphatic rings. The molecule has 104 valence electrons. The van der Waals surface area contributed by atoms with E-state index >= 15 is 0 Å². The molecule has 2 N–H and O–H groups in total. The Morgan fingerprint density at radius 1 is 1.37 bits per heavy atom. The van der Waals surface area contributed by atoms with Gasteiger partial charge in [0.2, 0.25) is 0 Å². The van der Waals surface area contributed by atoms with Crippen LogP contribution in [0.5, 0.6) is 11.5 Å². The van der Waals surface area contributed by atoms with Gasteiger partial charge in [-0.15, -0.1) is 0 Å². The maximum Gasteiger partial charge on any atom is 0.314 e. The van der Waals surface area contributed by atoms with E-state index in [1.807, 2.05) is 0 Å². The topological polar surface area (TPSA) is 66.8 Å². The lowest BCUT2D eigenvalue weighted by Gasteiger charge is -2.26. The highest BCUT2D eigenvalue weighted by molar-refractivity contribution is 5.83. The van der Waals surface area contributed by atoms with Crippen molar-refractivity contribution in [1.82, 2.24) is 0 Å². The summed E-state index contributed by atoms with van der Waals surface area (Å²) in [5, 5.41) is 19.4.